The van der Waals surface area contributed by atoms with Crippen molar-refractivity contribution in [2.45, 2.75) is 13.0 Å². The van der Waals surface area contributed by atoms with Crippen LogP contribution in [0.25, 0.3) is 11.0 Å². The summed E-state index contributed by atoms with van der Waals surface area (Å²) in [6.45, 7) is 1.22. The lowest BCUT2D eigenvalue weighted by Crippen LogP contribution is -2.04. The third-order valence-corrected chi connectivity index (χ3v) is 2.27. The average Bonchev–Trinajstić information content (AvgIpc) is 2.59. The zero-order valence-corrected chi connectivity index (χ0v) is 8.08. The summed E-state index contributed by atoms with van der Waals surface area (Å²) < 4.78 is 27.6. The highest BCUT2D eigenvalue weighted by atomic mass is 19.2. The van der Waals surface area contributed by atoms with Crippen molar-refractivity contribution in [3.63, 3.8) is 0 Å². The summed E-state index contributed by atoms with van der Waals surface area (Å²) in [5.41, 5.74) is 6.44. The molecule has 0 amide bonds. The van der Waals surface area contributed by atoms with Gasteiger partial charge < -0.3 is 10.3 Å². The van der Waals surface area contributed by atoms with E-state index >= 15 is 0 Å². The maximum Gasteiger partial charge on any atom is 0.161 e. The smallest absolute Gasteiger partial charge is 0.161 e. The van der Waals surface area contributed by atoms with E-state index in [4.69, 9.17) is 5.73 Å². The Morgan fingerprint density at radius 3 is 2.73 bits per heavy atom. The Morgan fingerprint density at radius 2 is 2.00 bits per heavy atom. The molecule has 2 aromatic rings. The van der Waals surface area contributed by atoms with Crippen LogP contribution in [0.3, 0.4) is 0 Å². The molecular formula is C10H11F2N3. The molecule has 5 heteroatoms. The summed E-state index contributed by atoms with van der Waals surface area (Å²) in [6.07, 6.45) is 2.35. The van der Waals surface area contributed by atoms with E-state index in [1.54, 1.807) is 10.9 Å². The molecule has 1 aromatic carbocycles. The SMILES string of the molecule is NCCCn1cnc2cc(F)c(F)cc21. The molecule has 0 radical (unpaired) electrons. The van der Waals surface area contributed by atoms with E-state index in [0.717, 1.165) is 18.6 Å². The Bertz CT molecular complexity index is 479. The number of hydrogen-bond acceptors (Lipinski definition) is 2. The molecule has 0 bridgehead atoms. The Labute approximate surface area is 85.5 Å². The van der Waals surface area contributed by atoms with Crippen LogP contribution in [-0.4, -0.2) is 16.1 Å². The van der Waals surface area contributed by atoms with Crippen LogP contribution in [0.15, 0.2) is 18.5 Å². The van der Waals surface area contributed by atoms with E-state index in [1.165, 1.54) is 0 Å². The van der Waals surface area contributed by atoms with Crippen molar-refractivity contribution in [2.75, 3.05) is 6.54 Å². The molecule has 0 spiro atoms. The zero-order valence-electron chi connectivity index (χ0n) is 8.08. The summed E-state index contributed by atoms with van der Waals surface area (Å²) in [7, 11) is 0. The van der Waals surface area contributed by atoms with E-state index < -0.39 is 11.6 Å². The van der Waals surface area contributed by atoms with Crippen molar-refractivity contribution < 1.29 is 8.78 Å². The van der Waals surface area contributed by atoms with Crippen LogP contribution in [0.1, 0.15) is 6.42 Å². The second kappa shape index (κ2) is 3.94. The average molecular weight is 211 g/mol. The second-order valence-electron chi connectivity index (χ2n) is 3.34. The molecule has 15 heavy (non-hydrogen) atoms. The van der Waals surface area contributed by atoms with Crippen molar-refractivity contribution >= 4 is 11.0 Å². The van der Waals surface area contributed by atoms with Crippen molar-refractivity contribution in [2.24, 2.45) is 5.73 Å². The summed E-state index contributed by atoms with van der Waals surface area (Å²) in [4.78, 5) is 3.99. The fourth-order valence-electron chi connectivity index (χ4n) is 1.49. The van der Waals surface area contributed by atoms with Gasteiger partial charge in [-0.2, -0.15) is 0 Å². The Kier molecular flexibility index (Phi) is 2.64. The third kappa shape index (κ3) is 1.83. The van der Waals surface area contributed by atoms with Gasteiger partial charge in [0.1, 0.15) is 0 Å². The number of benzene rings is 1. The molecule has 0 aliphatic carbocycles. The van der Waals surface area contributed by atoms with E-state index in [2.05, 4.69) is 4.98 Å². The number of nitrogens with zero attached hydrogens (tertiary/aromatic N) is 2. The van der Waals surface area contributed by atoms with Crippen molar-refractivity contribution in [3.8, 4) is 0 Å². The Balaban J connectivity index is 2.45. The highest BCUT2D eigenvalue weighted by Gasteiger charge is 2.08. The number of aromatic nitrogens is 2. The van der Waals surface area contributed by atoms with Crippen molar-refractivity contribution in [1.82, 2.24) is 9.55 Å². The van der Waals surface area contributed by atoms with Crippen LogP contribution in [0.4, 0.5) is 8.78 Å². The van der Waals surface area contributed by atoms with Gasteiger partial charge in [-0.25, -0.2) is 13.8 Å². The molecule has 0 saturated carbocycles. The van der Waals surface area contributed by atoms with Crippen molar-refractivity contribution in [1.29, 1.82) is 0 Å². The number of halogens is 2. The monoisotopic (exact) mass is 211 g/mol. The van der Waals surface area contributed by atoms with Crippen LogP contribution in [0.5, 0.6) is 0 Å². The van der Waals surface area contributed by atoms with E-state index in [9.17, 15) is 8.78 Å². The van der Waals surface area contributed by atoms with Gasteiger partial charge in [-0.05, 0) is 13.0 Å². The molecule has 3 nitrogen and oxygen atoms in total. The molecule has 2 N–H and O–H groups in total. The van der Waals surface area contributed by atoms with Gasteiger partial charge in [-0.15, -0.1) is 0 Å². The first-order valence-corrected chi connectivity index (χ1v) is 4.72. The topological polar surface area (TPSA) is 43.8 Å². The molecule has 0 aliphatic heterocycles. The molecule has 0 fully saturated rings. The predicted molar refractivity (Wildman–Crippen MR) is 53.3 cm³/mol. The standard InChI is InChI=1S/C10H11F2N3/c11-7-4-9-10(5-8(7)12)15(6-14-9)3-1-2-13/h4-6H,1-3,13H2. The summed E-state index contributed by atoms with van der Waals surface area (Å²) >= 11 is 0. The lowest BCUT2D eigenvalue weighted by Gasteiger charge is -2.02. The lowest BCUT2D eigenvalue weighted by molar-refractivity contribution is 0.510. The quantitative estimate of drug-likeness (QED) is 0.839. The largest absolute Gasteiger partial charge is 0.330 e. The van der Waals surface area contributed by atoms with Crippen LogP contribution in [0.2, 0.25) is 0 Å². The van der Waals surface area contributed by atoms with E-state index in [0.29, 0.717) is 24.1 Å². The summed E-state index contributed by atoms with van der Waals surface area (Å²) in [6, 6.07) is 2.26. The minimum Gasteiger partial charge on any atom is -0.330 e. The highest BCUT2D eigenvalue weighted by molar-refractivity contribution is 5.75. The predicted octanol–water partition coefficient (Wildman–Crippen LogP) is 1.66. The normalized spacial score (nSPS) is 11.1. The van der Waals surface area contributed by atoms with Crippen LogP contribution in [0, 0.1) is 11.6 Å². The highest BCUT2D eigenvalue weighted by Crippen LogP contribution is 2.17. The number of nitrogens with two attached hydrogens (primary N) is 1. The van der Waals surface area contributed by atoms with Crippen molar-refractivity contribution in [3.05, 3.63) is 30.1 Å². The molecule has 0 aliphatic rings. The van der Waals surface area contributed by atoms with Gasteiger partial charge in [0.15, 0.2) is 11.6 Å². The molecule has 1 heterocycles. The van der Waals surface area contributed by atoms with Gasteiger partial charge in [0, 0.05) is 18.7 Å². The number of aryl methyl sites for hydroxylation is 1. The molecule has 1 aromatic heterocycles. The molecular weight excluding hydrogens is 200 g/mol. The van der Waals surface area contributed by atoms with Gasteiger partial charge in [0.25, 0.3) is 0 Å². The summed E-state index contributed by atoms with van der Waals surface area (Å²) in [5.74, 6) is -1.72. The molecule has 0 atom stereocenters. The van der Waals surface area contributed by atoms with Crippen LogP contribution >= 0.6 is 0 Å². The van der Waals surface area contributed by atoms with Crippen LogP contribution in [-0.2, 0) is 6.54 Å². The van der Waals surface area contributed by atoms with E-state index in [1.807, 2.05) is 0 Å². The fraction of sp³-hybridized carbons (Fsp3) is 0.300. The third-order valence-electron chi connectivity index (χ3n) is 2.27. The number of rotatable bonds is 3. The number of hydrogen-bond donors (Lipinski definition) is 1. The summed E-state index contributed by atoms with van der Waals surface area (Å²) in [5, 5.41) is 0. The van der Waals surface area contributed by atoms with Gasteiger partial charge in [-0.3, -0.25) is 0 Å². The van der Waals surface area contributed by atoms with Gasteiger partial charge >= 0.3 is 0 Å². The fourth-order valence-corrected chi connectivity index (χ4v) is 1.49. The molecule has 2 rings (SSSR count). The van der Waals surface area contributed by atoms with Gasteiger partial charge in [-0.1, -0.05) is 0 Å². The number of fused-ring (bicyclic) bond motifs is 1. The minimum absolute atomic E-state index is 0.464. The number of imidazole rings is 1. The maximum atomic E-state index is 13.0. The second-order valence-corrected chi connectivity index (χ2v) is 3.34. The van der Waals surface area contributed by atoms with Gasteiger partial charge in [0.2, 0.25) is 0 Å². The lowest BCUT2D eigenvalue weighted by atomic mass is 10.3. The first-order chi connectivity index (χ1) is 7.22. The Morgan fingerprint density at radius 1 is 1.27 bits per heavy atom. The maximum absolute atomic E-state index is 13.0. The molecule has 80 valence electrons. The van der Waals surface area contributed by atoms with Gasteiger partial charge in [0.05, 0.1) is 17.4 Å². The Hall–Kier alpha value is -1.49. The first-order valence-electron chi connectivity index (χ1n) is 4.72. The first kappa shape index (κ1) is 10.0. The zero-order chi connectivity index (χ0) is 10.8. The molecule has 0 unspecified atom stereocenters. The minimum atomic E-state index is -0.869. The van der Waals surface area contributed by atoms with E-state index in [-0.39, 0.29) is 0 Å². The molecule has 0 saturated heterocycles. The van der Waals surface area contributed by atoms with Crippen LogP contribution < -0.4 is 5.73 Å².